The Labute approximate surface area is 101 Å². The number of hydrogen-bond donors (Lipinski definition) is 1. The van der Waals surface area contributed by atoms with Crippen LogP contribution >= 0.6 is 0 Å². The quantitative estimate of drug-likeness (QED) is 0.867. The highest BCUT2D eigenvalue weighted by Gasteiger charge is 2.07. The molecule has 0 fully saturated rings. The van der Waals surface area contributed by atoms with Crippen molar-refractivity contribution < 1.29 is 5.11 Å². The zero-order valence-electron chi connectivity index (χ0n) is 10.5. The first kappa shape index (κ1) is 11.9. The summed E-state index contributed by atoms with van der Waals surface area (Å²) in [5, 5.41) is 18.0. The number of aliphatic hydroxyl groups excluding tert-OH is 1. The Morgan fingerprint density at radius 2 is 2.24 bits per heavy atom. The van der Waals surface area contributed by atoms with E-state index in [-0.39, 0.29) is 0 Å². The van der Waals surface area contributed by atoms with Crippen LogP contribution in [0, 0.1) is 0 Å². The zero-order chi connectivity index (χ0) is 12.4. The van der Waals surface area contributed by atoms with Crippen LogP contribution in [0.4, 0.5) is 0 Å². The van der Waals surface area contributed by atoms with Crippen molar-refractivity contribution in [2.75, 3.05) is 0 Å². The molecule has 0 aromatic carbocycles. The smallest absolute Gasteiger partial charge is 0.0828 e. The maximum Gasteiger partial charge on any atom is 0.0828 e. The van der Waals surface area contributed by atoms with Crippen molar-refractivity contribution in [3.05, 3.63) is 35.4 Å². The zero-order valence-corrected chi connectivity index (χ0v) is 10.5. The highest BCUT2D eigenvalue weighted by Crippen LogP contribution is 2.11. The molecule has 0 spiro atoms. The number of hydrogen-bond acceptors (Lipinski definition) is 3. The van der Waals surface area contributed by atoms with Crippen molar-refractivity contribution in [1.29, 1.82) is 0 Å². The van der Waals surface area contributed by atoms with Gasteiger partial charge < -0.3 is 5.11 Å². The number of aromatic nitrogens is 4. The summed E-state index contributed by atoms with van der Waals surface area (Å²) in [7, 11) is 1.94. The van der Waals surface area contributed by atoms with Crippen LogP contribution in [0.1, 0.15) is 36.9 Å². The van der Waals surface area contributed by atoms with Gasteiger partial charge in [-0.1, -0.05) is 6.92 Å². The minimum Gasteiger partial charge on any atom is -0.389 e. The van der Waals surface area contributed by atoms with Crippen molar-refractivity contribution in [3.63, 3.8) is 0 Å². The molecule has 0 saturated carbocycles. The van der Waals surface area contributed by atoms with Gasteiger partial charge in [-0.2, -0.15) is 10.2 Å². The standard InChI is InChI=1S/C12H18N4O/c1-4-11-5-12(15(3)14-11)8-16-7-10(6-13-16)9(2)17/h5-7,9,17H,4,8H2,1-3H3. The number of nitrogens with zero attached hydrogens (tertiary/aromatic N) is 4. The lowest BCUT2D eigenvalue weighted by Gasteiger charge is -2.02. The van der Waals surface area contributed by atoms with Gasteiger partial charge >= 0.3 is 0 Å². The van der Waals surface area contributed by atoms with Crippen LogP contribution in [-0.2, 0) is 20.0 Å². The van der Waals surface area contributed by atoms with Crippen LogP contribution in [0.2, 0.25) is 0 Å². The van der Waals surface area contributed by atoms with E-state index in [0.717, 1.165) is 23.4 Å². The van der Waals surface area contributed by atoms with E-state index in [1.54, 1.807) is 13.1 Å². The molecule has 2 rings (SSSR count). The van der Waals surface area contributed by atoms with Gasteiger partial charge in [0.25, 0.3) is 0 Å². The van der Waals surface area contributed by atoms with E-state index in [2.05, 4.69) is 23.2 Å². The van der Waals surface area contributed by atoms with E-state index in [9.17, 15) is 5.11 Å². The average molecular weight is 234 g/mol. The second-order valence-corrected chi connectivity index (χ2v) is 4.25. The lowest BCUT2D eigenvalue weighted by molar-refractivity contribution is 0.199. The molecule has 1 atom stereocenters. The lowest BCUT2D eigenvalue weighted by atomic mass is 10.2. The summed E-state index contributed by atoms with van der Waals surface area (Å²) in [6.07, 6.45) is 4.03. The van der Waals surface area contributed by atoms with Crippen molar-refractivity contribution in [3.8, 4) is 0 Å². The fourth-order valence-corrected chi connectivity index (χ4v) is 1.74. The molecule has 0 amide bonds. The van der Waals surface area contributed by atoms with Gasteiger partial charge in [0.15, 0.2) is 0 Å². The van der Waals surface area contributed by atoms with Gasteiger partial charge in [-0.25, -0.2) is 0 Å². The van der Waals surface area contributed by atoms with Crippen LogP contribution < -0.4 is 0 Å². The third-order valence-electron chi connectivity index (χ3n) is 2.85. The van der Waals surface area contributed by atoms with Crippen LogP contribution in [-0.4, -0.2) is 24.7 Å². The van der Waals surface area contributed by atoms with E-state index in [0.29, 0.717) is 6.54 Å². The first-order chi connectivity index (χ1) is 8.10. The number of aliphatic hydroxyl groups is 1. The minimum absolute atomic E-state index is 0.471. The molecule has 1 N–H and O–H groups in total. The molecule has 1 unspecified atom stereocenters. The van der Waals surface area contributed by atoms with E-state index < -0.39 is 6.10 Å². The van der Waals surface area contributed by atoms with Gasteiger partial charge in [0.1, 0.15) is 0 Å². The summed E-state index contributed by atoms with van der Waals surface area (Å²) < 4.78 is 3.70. The first-order valence-corrected chi connectivity index (χ1v) is 5.82. The van der Waals surface area contributed by atoms with E-state index in [1.165, 1.54) is 0 Å². The van der Waals surface area contributed by atoms with E-state index in [1.807, 2.05) is 22.6 Å². The Morgan fingerprint density at radius 1 is 1.47 bits per heavy atom. The molecule has 2 aromatic rings. The molecular formula is C12H18N4O. The topological polar surface area (TPSA) is 55.9 Å². The molecule has 2 aromatic heterocycles. The first-order valence-electron chi connectivity index (χ1n) is 5.82. The number of aryl methyl sites for hydroxylation is 2. The Bertz CT molecular complexity index is 498. The van der Waals surface area contributed by atoms with Crippen molar-refractivity contribution in [1.82, 2.24) is 19.6 Å². The largest absolute Gasteiger partial charge is 0.389 e. The predicted octanol–water partition coefficient (Wildman–Crippen LogP) is 1.28. The summed E-state index contributed by atoms with van der Waals surface area (Å²) in [4.78, 5) is 0. The highest BCUT2D eigenvalue weighted by atomic mass is 16.3. The summed E-state index contributed by atoms with van der Waals surface area (Å²) >= 11 is 0. The van der Waals surface area contributed by atoms with Gasteiger partial charge in [-0.05, 0) is 19.4 Å². The summed E-state index contributed by atoms with van der Waals surface area (Å²) in [5.74, 6) is 0. The Hall–Kier alpha value is -1.62. The fourth-order valence-electron chi connectivity index (χ4n) is 1.74. The molecule has 0 saturated heterocycles. The van der Waals surface area contributed by atoms with Crippen LogP contribution in [0.25, 0.3) is 0 Å². The van der Waals surface area contributed by atoms with E-state index >= 15 is 0 Å². The third-order valence-corrected chi connectivity index (χ3v) is 2.85. The Morgan fingerprint density at radius 3 is 2.76 bits per heavy atom. The molecule has 5 nitrogen and oxygen atoms in total. The van der Waals surface area contributed by atoms with E-state index in [4.69, 9.17) is 0 Å². The van der Waals surface area contributed by atoms with Gasteiger partial charge in [0, 0.05) is 18.8 Å². The van der Waals surface area contributed by atoms with Gasteiger partial charge in [0.05, 0.1) is 30.2 Å². The molecule has 17 heavy (non-hydrogen) atoms. The fraction of sp³-hybridized carbons (Fsp3) is 0.500. The second kappa shape index (κ2) is 4.71. The van der Waals surface area contributed by atoms with Crippen LogP contribution in [0.5, 0.6) is 0 Å². The Balaban J connectivity index is 2.16. The molecule has 5 heteroatoms. The SMILES string of the molecule is CCc1cc(Cn2cc(C(C)O)cn2)n(C)n1. The molecule has 2 heterocycles. The highest BCUT2D eigenvalue weighted by molar-refractivity contribution is 5.12. The maximum atomic E-state index is 9.43. The molecule has 92 valence electrons. The van der Waals surface area contributed by atoms with Crippen molar-refractivity contribution in [2.45, 2.75) is 32.9 Å². The lowest BCUT2D eigenvalue weighted by Crippen LogP contribution is -2.05. The van der Waals surface area contributed by atoms with Crippen LogP contribution in [0.15, 0.2) is 18.5 Å². The summed E-state index contributed by atoms with van der Waals surface area (Å²) in [6.45, 7) is 4.50. The molecular weight excluding hydrogens is 216 g/mol. The van der Waals surface area contributed by atoms with Gasteiger partial charge in [-0.3, -0.25) is 9.36 Å². The molecule has 0 aliphatic rings. The summed E-state index contributed by atoms with van der Waals surface area (Å²) in [6, 6.07) is 2.09. The van der Waals surface area contributed by atoms with Crippen molar-refractivity contribution >= 4 is 0 Å². The van der Waals surface area contributed by atoms with Gasteiger partial charge in [-0.15, -0.1) is 0 Å². The molecule has 0 radical (unpaired) electrons. The minimum atomic E-state index is -0.471. The monoisotopic (exact) mass is 234 g/mol. The number of rotatable bonds is 4. The average Bonchev–Trinajstić information content (AvgIpc) is 2.87. The molecule has 0 bridgehead atoms. The molecule has 0 aliphatic heterocycles. The van der Waals surface area contributed by atoms with Gasteiger partial charge in [0.2, 0.25) is 0 Å². The van der Waals surface area contributed by atoms with Crippen LogP contribution in [0.3, 0.4) is 0 Å². The predicted molar refractivity (Wildman–Crippen MR) is 64.5 cm³/mol. The second-order valence-electron chi connectivity index (χ2n) is 4.25. The van der Waals surface area contributed by atoms with Crippen molar-refractivity contribution in [2.24, 2.45) is 7.05 Å². The maximum absolute atomic E-state index is 9.43. The third kappa shape index (κ3) is 2.55. The molecule has 0 aliphatic carbocycles. The summed E-state index contributed by atoms with van der Waals surface area (Å²) in [5.41, 5.74) is 3.04. The Kier molecular flexibility index (Phi) is 3.28. The normalized spacial score (nSPS) is 12.9.